The summed E-state index contributed by atoms with van der Waals surface area (Å²) in [5, 5.41) is 6.77. The minimum atomic E-state index is -0.516. The molecular weight excluding hydrogens is 388 g/mol. The second kappa shape index (κ2) is 8.66. The van der Waals surface area contributed by atoms with Crippen molar-refractivity contribution in [2.75, 3.05) is 6.61 Å². The Morgan fingerprint density at radius 2 is 2.00 bits per heavy atom. The third kappa shape index (κ3) is 4.82. The quantitative estimate of drug-likeness (QED) is 0.640. The van der Waals surface area contributed by atoms with Gasteiger partial charge in [0, 0.05) is 0 Å². The first-order valence-electron chi connectivity index (χ1n) is 7.97. The van der Waals surface area contributed by atoms with Crippen LogP contribution in [0, 0.1) is 0 Å². The van der Waals surface area contributed by atoms with Crippen LogP contribution >= 0.6 is 15.9 Å². The summed E-state index contributed by atoms with van der Waals surface area (Å²) in [4.78, 5) is 24.0. The number of carbonyl (C=O) groups excluding carboxylic acids is 2. The van der Waals surface area contributed by atoms with Crippen molar-refractivity contribution in [3.05, 3.63) is 45.7 Å². The molecule has 1 aromatic heterocycles. The summed E-state index contributed by atoms with van der Waals surface area (Å²) >= 11 is 3.34. The molecule has 0 aliphatic rings. The number of aromatic amines is 1. The number of rotatable bonds is 6. The summed E-state index contributed by atoms with van der Waals surface area (Å²) in [7, 11) is 0. The molecule has 0 fully saturated rings. The molecule has 0 saturated carbocycles. The van der Waals surface area contributed by atoms with Gasteiger partial charge in [-0.15, -0.1) is 0 Å². The molecule has 7 nitrogen and oxygen atoms in total. The van der Waals surface area contributed by atoms with Crippen molar-refractivity contribution in [1.82, 2.24) is 21.0 Å². The van der Waals surface area contributed by atoms with Gasteiger partial charge in [0.1, 0.15) is 5.75 Å². The maximum atomic E-state index is 12.1. The van der Waals surface area contributed by atoms with Crippen molar-refractivity contribution in [2.24, 2.45) is 0 Å². The van der Waals surface area contributed by atoms with Gasteiger partial charge in [0.05, 0.1) is 10.2 Å². The number of benzene rings is 1. The first-order valence-corrected chi connectivity index (χ1v) is 8.77. The van der Waals surface area contributed by atoms with Crippen molar-refractivity contribution in [1.29, 1.82) is 0 Å². The fraction of sp³-hybridized carbons (Fsp3) is 0.353. The molecule has 134 valence electrons. The van der Waals surface area contributed by atoms with E-state index in [9.17, 15) is 9.59 Å². The highest BCUT2D eigenvalue weighted by Crippen LogP contribution is 2.25. The molecule has 2 amide bonds. The van der Waals surface area contributed by atoms with E-state index in [1.165, 1.54) is 0 Å². The van der Waals surface area contributed by atoms with Crippen LogP contribution < -0.4 is 15.6 Å². The maximum absolute atomic E-state index is 12.1. The van der Waals surface area contributed by atoms with E-state index in [4.69, 9.17) is 4.74 Å². The number of aryl methyl sites for hydroxylation is 1. The van der Waals surface area contributed by atoms with E-state index in [2.05, 4.69) is 37.0 Å². The lowest BCUT2D eigenvalue weighted by Crippen LogP contribution is -2.44. The number of hydrogen-bond donors (Lipinski definition) is 3. The molecule has 0 atom stereocenters. The maximum Gasteiger partial charge on any atom is 0.291 e. The number of amides is 2. The normalized spacial score (nSPS) is 10.6. The van der Waals surface area contributed by atoms with E-state index in [0.717, 1.165) is 17.7 Å². The number of nitrogens with zero attached hydrogens (tertiary/aromatic N) is 1. The molecule has 3 N–H and O–H groups in total. The Balaban J connectivity index is 1.86. The van der Waals surface area contributed by atoms with Gasteiger partial charge in [-0.05, 0) is 39.9 Å². The molecule has 0 saturated heterocycles. The van der Waals surface area contributed by atoms with Crippen LogP contribution in [-0.2, 0) is 11.2 Å². The van der Waals surface area contributed by atoms with Gasteiger partial charge < -0.3 is 4.74 Å². The summed E-state index contributed by atoms with van der Waals surface area (Å²) in [6.07, 6.45) is 0.805. The number of carbonyl (C=O) groups is 2. The van der Waals surface area contributed by atoms with E-state index in [1.807, 2.05) is 39.0 Å². The number of hydrazine groups is 1. The van der Waals surface area contributed by atoms with Gasteiger partial charge in [0.2, 0.25) is 0 Å². The predicted molar refractivity (Wildman–Crippen MR) is 97.3 cm³/mol. The fourth-order valence-electron chi connectivity index (χ4n) is 2.18. The Labute approximate surface area is 154 Å². The number of hydrogen-bond acceptors (Lipinski definition) is 4. The first kappa shape index (κ1) is 19.0. The van der Waals surface area contributed by atoms with Crippen LogP contribution in [0.1, 0.15) is 48.4 Å². The van der Waals surface area contributed by atoms with E-state index in [1.54, 1.807) is 6.07 Å². The second-order valence-electron chi connectivity index (χ2n) is 5.71. The van der Waals surface area contributed by atoms with Gasteiger partial charge in [0.15, 0.2) is 12.3 Å². The van der Waals surface area contributed by atoms with Gasteiger partial charge in [0.25, 0.3) is 11.8 Å². The summed E-state index contributed by atoms with van der Waals surface area (Å²) in [5.74, 6) is -0.138. The molecule has 1 aromatic carbocycles. The molecule has 0 unspecified atom stereocenters. The molecule has 0 radical (unpaired) electrons. The minimum absolute atomic E-state index is 0.182. The van der Waals surface area contributed by atoms with Crippen LogP contribution in [0.3, 0.4) is 0 Å². The average molecular weight is 409 g/mol. The Kier molecular flexibility index (Phi) is 6.58. The lowest BCUT2D eigenvalue weighted by Gasteiger charge is -2.10. The predicted octanol–water partition coefficient (Wildman–Crippen LogP) is 2.70. The standard InChI is InChI=1S/C17H21BrN4O3/c1-4-11-7-5-6-8-12(11)25-9-13(23)19-22-17(24)16-14(18)15(10(2)3)20-21-16/h5-8,10H,4,9H2,1-3H3,(H,19,23)(H,20,21)(H,22,24). The summed E-state index contributed by atoms with van der Waals surface area (Å²) in [6.45, 7) is 5.77. The third-order valence-electron chi connectivity index (χ3n) is 3.55. The molecule has 25 heavy (non-hydrogen) atoms. The minimum Gasteiger partial charge on any atom is -0.483 e. The SMILES string of the molecule is CCc1ccccc1OCC(=O)NNC(=O)c1n[nH]c(C(C)C)c1Br. The number of para-hydroxylation sites is 1. The zero-order chi connectivity index (χ0) is 18.4. The lowest BCUT2D eigenvalue weighted by atomic mass is 10.1. The third-order valence-corrected chi connectivity index (χ3v) is 4.36. The van der Waals surface area contributed by atoms with Crippen LogP contribution in [0.25, 0.3) is 0 Å². The molecule has 0 spiro atoms. The first-order chi connectivity index (χ1) is 11.9. The van der Waals surface area contributed by atoms with Crippen LogP contribution in [0.15, 0.2) is 28.7 Å². The number of ether oxygens (including phenoxy) is 1. The summed E-state index contributed by atoms with van der Waals surface area (Å²) in [6, 6.07) is 7.50. The van der Waals surface area contributed by atoms with Crippen LogP contribution in [0.2, 0.25) is 0 Å². The smallest absolute Gasteiger partial charge is 0.291 e. The zero-order valence-electron chi connectivity index (χ0n) is 14.4. The van der Waals surface area contributed by atoms with E-state index in [0.29, 0.717) is 10.2 Å². The number of nitrogens with one attached hydrogen (secondary N) is 3. The summed E-state index contributed by atoms with van der Waals surface area (Å²) in [5.41, 5.74) is 6.65. The Hall–Kier alpha value is -2.35. The monoisotopic (exact) mass is 408 g/mol. The molecule has 0 aliphatic heterocycles. The van der Waals surface area contributed by atoms with E-state index < -0.39 is 11.8 Å². The Morgan fingerprint density at radius 3 is 2.64 bits per heavy atom. The zero-order valence-corrected chi connectivity index (χ0v) is 15.9. The van der Waals surface area contributed by atoms with Gasteiger partial charge >= 0.3 is 0 Å². The Morgan fingerprint density at radius 1 is 1.28 bits per heavy atom. The fourth-order valence-corrected chi connectivity index (χ4v) is 2.99. The number of aromatic nitrogens is 2. The largest absolute Gasteiger partial charge is 0.483 e. The van der Waals surface area contributed by atoms with Crippen LogP contribution in [-0.4, -0.2) is 28.6 Å². The highest BCUT2D eigenvalue weighted by Gasteiger charge is 2.19. The number of H-pyrrole nitrogens is 1. The second-order valence-corrected chi connectivity index (χ2v) is 6.50. The van der Waals surface area contributed by atoms with Gasteiger partial charge in [-0.1, -0.05) is 39.0 Å². The lowest BCUT2D eigenvalue weighted by molar-refractivity contribution is -0.123. The topological polar surface area (TPSA) is 96.1 Å². The molecular formula is C17H21BrN4O3. The summed E-state index contributed by atoms with van der Waals surface area (Å²) < 4.78 is 6.08. The molecule has 0 bridgehead atoms. The molecule has 2 rings (SSSR count). The van der Waals surface area contributed by atoms with Crippen molar-refractivity contribution >= 4 is 27.7 Å². The number of halogens is 1. The van der Waals surface area contributed by atoms with Gasteiger partial charge in [-0.2, -0.15) is 5.10 Å². The highest BCUT2D eigenvalue weighted by molar-refractivity contribution is 9.10. The molecule has 1 heterocycles. The van der Waals surface area contributed by atoms with E-state index >= 15 is 0 Å². The van der Waals surface area contributed by atoms with Crippen molar-refractivity contribution in [2.45, 2.75) is 33.1 Å². The van der Waals surface area contributed by atoms with Crippen molar-refractivity contribution in [3.8, 4) is 5.75 Å². The molecule has 8 heteroatoms. The molecule has 2 aromatic rings. The van der Waals surface area contributed by atoms with Crippen molar-refractivity contribution in [3.63, 3.8) is 0 Å². The Bertz CT molecular complexity index is 758. The van der Waals surface area contributed by atoms with Gasteiger partial charge in [-0.25, -0.2) is 0 Å². The van der Waals surface area contributed by atoms with Crippen LogP contribution in [0.5, 0.6) is 5.75 Å². The highest BCUT2D eigenvalue weighted by atomic mass is 79.9. The molecule has 0 aliphatic carbocycles. The average Bonchev–Trinajstić information content (AvgIpc) is 2.99. The van der Waals surface area contributed by atoms with Crippen LogP contribution in [0.4, 0.5) is 0 Å². The van der Waals surface area contributed by atoms with Crippen molar-refractivity contribution < 1.29 is 14.3 Å². The van der Waals surface area contributed by atoms with E-state index in [-0.39, 0.29) is 18.2 Å². The van der Waals surface area contributed by atoms with Gasteiger partial charge in [-0.3, -0.25) is 25.5 Å².